The molecular formula is C16H26N2O2. The first-order valence-corrected chi connectivity index (χ1v) is 7.08. The summed E-state index contributed by atoms with van der Waals surface area (Å²) in [5, 5.41) is 2.99. The molecule has 112 valence electrons. The highest BCUT2D eigenvalue weighted by Gasteiger charge is 2.27. The number of nitrogens with one attached hydrogen (secondary N) is 1. The van der Waals surface area contributed by atoms with Crippen molar-refractivity contribution in [3.8, 4) is 5.75 Å². The number of likely N-dealkylation sites (N-methyl/N-ethyl adjacent to an activating group) is 1. The Labute approximate surface area is 121 Å². The first kappa shape index (κ1) is 16.5. The summed E-state index contributed by atoms with van der Waals surface area (Å²) in [6.07, 6.45) is 2.51. The molecule has 3 N–H and O–H groups in total. The van der Waals surface area contributed by atoms with E-state index in [1.54, 1.807) is 7.05 Å². The Morgan fingerprint density at radius 2 is 2.05 bits per heavy atom. The molecular weight excluding hydrogens is 252 g/mol. The number of aryl methyl sites for hydroxylation is 1. The quantitative estimate of drug-likeness (QED) is 0.717. The lowest BCUT2D eigenvalue weighted by Gasteiger charge is -2.25. The molecule has 0 aliphatic carbocycles. The molecule has 0 fully saturated rings. The van der Waals surface area contributed by atoms with Crippen molar-refractivity contribution in [3.05, 3.63) is 29.3 Å². The van der Waals surface area contributed by atoms with Gasteiger partial charge in [-0.05, 0) is 64.3 Å². The number of amides is 1. The fourth-order valence-electron chi connectivity index (χ4n) is 2.01. The zero-order chi connectivity index (χ0) is 15.2. The van der Waals surface area contributed by atoms with Crippen molar-refractivity contribution in [3.63, 3.8) is 0 Å². The maximum Gasteiger partial charge on any atom is 0.237 e. The Kier molecular flexibility index (Phi) is 6.02. The average Bonchev–Trinajstić information content (AvgIpc) is 2.42. The molecule has 4 heteroatoms. The summed E-state index contributed by atoms with van der Waals surface area (Å²) < 4.78 is 5.79. The van der Waals surface area contributed by atoms with Gasteiger partial charge >= 0.3 is 0 Å². The van der Waals surface area contributed by atoms with Gasteiger partial charge in [0.15, 0.2) is 0 Å². The largest absolute Gasteiger partial charge is 0.493 e. The fraction of sp³-hybridized carbons (Fsp3) is 0.562. The predicted octanol–water partition coefficient (Wildman–Crippen LogP) is 2.32. The van der Waals surface area contributed by atoms with Crippen molar-refractivity contribution in [2.45, 2.75) is 45.6 Å². The minimum atomic E-state index is -0.626. The Hall–Kier alpha value is -1.55. The summed E-state index contributed by atoms with van der Waals surface area (Å²) in [6.45, 7) is 6.63. The number of nitrogens with two attached hydrogens (primary N) is 1. The van der Waals surface area contributed by atoms with Crippen LogP contribution in [0.2, 0.25) is 0 Å². The summed E-state index contributed by atoms with van der Waals surface area (Å²) in [7, 11) is 1.76. The maximum absolute atomic E-state index is 11.3. The topological polar surface area (TPSA) is 64.3 Å². The molecule has 0 aliphatic rings. The normalized spacial score (nSPS) is 13.8. The smallest absolute Gasteiger partial charge is 0.237 e. The van der Waals surface area contributed by atoms with Crippen LogP contribution < -0.4 is 15.8 Å². The molecule has 0 aliphatic heterocycles. The highest BCUT2D eigenvalue weighted by atomic mass is 16.5. The van der Waals surface area contributed by atoms with Crippen molar-refractivity contribution in [2.75, 3.05) is 13.7 Å². The highest BCUT2D eigenvalue weighted by Crippen LogP contribution is 2.21. The van der Waals surface area contributed by atoms with Crippen molar-refractivity contribution in [1.82, 2.24) is 5.32 Å². The molecule has 0 saturated heterocycles. The molecule has 0 saturated carbocycles. The molecule has 0 spiro atoms. The fourth-order valence-corrected chi connectivity index (χ4v) is 2.01. The number of carbonyl (C=O) groups excluding carboxylic acids is 1. The molecule has 4 nitrogen and oxygen atoms in total. The van der Waals surface area contributed by atoms with Crippen LogP contribution in [0.1, 0.15) is 37.3 Å². The second-order valence-electron chi connectivity index (χ2n) is 5.45. The van der Waals surface area contributed by atoms with Crippen LogP contribution >= 0.6 is 0 Å². The van der Waals surface area contributed by atoms with E-state index < -0.39 is 5.54 Å². The number of primary amides is 1. The molecule has 0 radical (unpaired) electrons. The minimum absolute atomic E-state index is 0.310. The lowest BCUT2D eigenvalue weighted by atomic mass is 9.94. The second-order valence-corrected chi connectivity index (χ2v) is 5.45. The minimum Gasteiger partial charge on any atom is -0.493 e. The van der Waals surface area contributed by atoms with E-state index in [2.05, 4.69) is 25.2 Å². The summed E-state index contributed by atoms with van der Waals surface area (Å²) in [6, 6.07) is 6.07. The summed E-state index contributed by atoms with van der Waals surface area (Å²) in [5.41, 5.74) is 7.19. The van der Waals surface area contributed by atoms with E-state index in [0.29, 0.717) is 6.61 Å². The number of benzene rings is 1. The van der Waals surface area contributed by atoms with Gasteiger partial charge in [0, 0.05) is 0 Å². The van der Waals surface area contributed by atoms with Crippen LogP contribution in [0.3, 0.4) is 0 Å². The van der Waals surface area contributed by atoms with Crippen LogP contribution in [0.4, 0.5) is 0 Å². The summed E-state index contributed by atoms with van der Waals surface area (Å²) in [5.74, 6) is 0.631. The molecule has 1 unspecified atom stereocenters. The van der Waals surface area contributed by atoms with Crippen molar-refractivity contribution >= 4 is 5.91 Å². The van der Waals surface area contributed by atoms with E-state index in [-0.39, 0.29) is 5.91 Å². The van der Waals surface area contributed by atoms with Gasteiger partial charge in [-0.15, -0.1) is 0 Å². The number of carbonyl (C=O) groups is 1. The number of hydrogen-bond acceptors (Lipinski definition) is 3. The van der Waals surface area contributed by atoms with E-state index in [9.17, 15) is 4.79 Å². The Bertz CT molecular complexity index is 460. The molecule has 1 amide bonds. The number of rotatable bonds is 8. The van der Waals surface area contributed by atoms with Crippen LogP contribution in [-0.4, -0.2) is 25.1 Å². The van der Waals surface area contributed by atoms with E-state index in [1.165, 1.54) is 11.1 Å². The zero-order valence-corrected chi connectivity index (χ0v) is 13.0. The number of hydrogen-bond donors (Lipinski definition) is 2. The van der Waals surface area contributed by atoms with Gasteiger partial charge in [0.1, 0.15) is 5.75 Å². The Balaban J connectivity index is 2.36. The molecule has 20 heavy (non-hydrogen) atoms. The van der Waals surface area contributed by atoms with Gasteiger partial charge in [0.05, 0.1) is 12.1 Å². The summed E-state index contributed by atoms with van der Waals surface area (Å²) >= 11 is 0. The number of unbranched alkanes of at least 4 members (excludes halogenated alkanes) is 1. The van der Waals surface area contributed by atoms with Crippen molar-refractivity contribution in [1.29, 1.82) is 0 Å². The Morgan fingerprint density at radius 3 is 2.65 bits per heavy atom. The van der Waals surface area contributed by atoms with Crippen LogP contribution in [0.25, 0.3) is 0 Å². The van der Waals surface area contributed by atoms with Crippen LogP contribution in [-0.2, 0) is 4.79 Å². The molecule has 0 aromatic heterocycles. The van der Waals surface area contributed by atoms with Crippen molar-refractivity contribution in [2.24, 2.45) is 5.73 Å². The van der Waals surface area contributed by atoms with E-state index in [1.807, 2.05) is 19.1 Å². The van der Waals surface area contributed by atoms with Crippen molar-refractivity contribution < 1.29 is 9.53 Å². The van der Waals surface area contributed by atoms with Crippen LogP contribution in [0, 0.1) is 13.8 Å². The number of ether oxygens (including phenoxy) is 1. The molecule has 1 aromatic rings. The van der Waals surface area contributed by atoms with E-state index in [4.69, 9.17) is 10.5 Å². The Morgan fingerprint density at radius 1 is 1.35 bits per heavy atom. The third kappa shape index (κ3) is 4.23. The summed E-state index contributed by atoms with van der Waals surface area (Å²) in [4.78, 5) is 11.3. The van der Waals surface area contributed by atoms with Gasteiger partial charge in [-0.2, -0.15) is 0 Å². The van der Waals surface area contributed by atoms with Gasteiger partial charge in [0.2, 0.25) is 5.91 Å². The van der Waals surface area contributed by atoms with Gasteiger partial charge < -0.3 is 15.8 Å². The maximum atomic E-state index is 11.3. The molecule has 0 bridgehead atoms. The van der Waals surface area contributed by atoms with E-state index >= 15 is 0 Å². The van der Waals surface area contributed by atoms with Gasteiger partial charge in [-0.3, -0.25) is 4.79 Å². The molecule has 0 heterocycles. The lowest BCUT2D eigenvalue weighted by molar-refractivity contribution is -0.123. The van der Waals surface area contributed by atoms with Gasteiger partial charge in [-0.25, -0.2) is 0 Å². The highest BCUT2D eigenvalue weighted by molar-refractivity contribution is 5.84. The third-order valence-corrected chi connectivity index (χ3v) is 3.98. The SMILES string of the molecule is CNC(C)(CCCCOc1cccc(C)c1C)C(N)=O. The molecule has 1 rings (SSSR count). The van der Waals surface area contributed by atoms with Crippen LogP contribution in [0.15, 0.2) is 18.2 Å². The third-order valence-electron chi connectivity index (χ3n) is 3.98. The van der Waals surface area contributed by atoms with Gasteiger partial charge in [-0.1, -0.05) is 12.1 Å². The molecule has 1 aromatic carbocycles. The standard InChI is InChI=1S/C16H26N2O2/c1-12-8-7-9-14(13(12)2)20-11-6-5-10-16(3,18-4)15(17)19/h7-9,18H,5-6,10-11H2,1-4H3,(H2,17,19). The zero-order valence-electron chi connectivity index (χ0n) is 13.0. The van der Waals surface area contributed by atoms with Gasteiger partial charge in [0.25, 0.3) is 0 Å². The first-order valence-electron chi connectivity index (χ1n) is 7.08. The second kappa shape index (κ2) is 7.29. The van der Waals surface area contributed by atoms with Crippen LogP contribution in [0.5, 0.6) is 5.75 Å². The van der Waals surface area contributed by atoms with E-state index in [0.717, 1.165) is 25.0 Å². The lowest BCUT2D eigenvalue weighted by Crippen LogP contribution is -2.51. The average molecular weight is 278 g/mol. The predicted molar refractivity (Wildman–Crippen MR) is 81.9 cm³/mol. The monoisotopic (exact) mass is 278 g/mol. The first-order chi connectivity index (χ1) is 9.40. The molecule has 1 atom stereocenters.